The van der Waals surface area contributed by atoms with Crippen LogP contribution in [0.5, 0.6) is 5.75 Å². The SMILES string of the molecule is CCC[C@H]1N(C(=O)c2ncccc2C(F)(F)F)CCC[C@]1(C=O)Oc1csc(C(F)(F)F)c1. The van der Waals surface area contributed by atoms with Crippen LogP contribution in [0.15, 0.2) is 29.8 Å². The number of aromatic nitrogens is 1. The van der Waals surface area contributed by atoms with E-state index < -0.39 is 46.0 Å². The second-order valence-electron chi connectivity index (χ2n) is 7.62. The fourth-order valence-electron chi connectivity index (χ4n) is 3.99. The fourth-order valence-corrected chi connectivity index (χ4v) is 4.67. The molecule has 2 aromatic rings. The molecule has 2 aromatic heterocycles. The van der Waals surface area contributed by atoms with E-state index in [1.54, 1.807) is 6.92 Å². The molecule has 0 N–H and O–H groups in total. The van der Waals surface area contributed by atoms with E-state index in [0.717, 1.165) is 34.7 Å². The molecule has 0 aliphatic carbocycles. The molecule has 0 unspecified atom stereocenters. The lowest BCUT2D eigenvalue weighted by atomic mass is 9.82. The van der Waals surface area contributed by atoms with Crippen molar-refractivity contribution in [3.8, 4) is 5.75 Å². The Labute approximate surface area is 189 Å². The molecule has 5 nitrogen and oxygen atoms in total. The number of thiophene rings is 1. The van der Waals surface area contributed by atoms with Gasteiger partial charge in [-0.25, -0.2) is 0 Å². The van der Waals surface area contributed by atoms with Crippen LogP contribution in [0.1, 0.15) is 53.5 Å². The second kappa shape index (κ2) is 9.32. The first-order valence-corrected chi connectivity index (χ1v) is 10.9. The molecule has 0 radical (unpaired) electrons. The third-order valence-electron chi connectivity index (χ3n) is 5.41. The van der Waals surface area contributed by atoms with Gasteiger partial charge in [-0.1, -0.05) is 13.3 Å². The molecule has 0 spiro atoms. The van der Waals surface area contributed by atoms with E-state index in [0.29, 0.717) is 24.0 Å². The van der Waals surface area contributed by atoms with Crippen LogP contribution in [-0.2, 0) is 17.1 Å². The van der Waals surface area contributed by atoms with Crippen molar-refractivity contribution < 1.29 is 40.7 Å². The third-order valence-corrected chi connectivity index (χ3v) is 6.36. The van der Waals surface area contributed by atoms with Gasteiger partial charge in [-0.05, 0) is 31.4 Å². The summed E-state index contributed by atoms with van der Waals surface area (Å²) in [6.45, 7) is 1.80. The summed E-state index contributed by atoms with van der Waals surface area (Å²) in [4.78, 5) is 29.3. The smallest absolute Gasteiger partial charge is 0.425 e. The maximum atomic E-state index is 13.4. The van der Waals surface area contributed by atoms with Crippen molar-refractivity contribution in [2.24, 2.45) is 0 Å². The number of nitrogens with zero attached hydrogens (tertiary/aromatic N) is 2. The number of likely N-dealkylation sites (tertiary alicyclic amines) is 1. The van der Waals surface area contributed by atoms with Crippen LogP contribution in [0.2, 0.25) is 0 Å². The van der Waals surface area contributed by atoms with Crippen molar-refractivity contribution in [3.05, 3.63) is 45.9 Å². The summed E-state index contributed by atoms with van der Waals surface area (Å²) in [5.74, 6) is -1.21. The van der Waals surface area contributed by atoms with Crippen molar-refractivity contribution in [3.63, 3.8) is 0 Å². The summed E-state index contributed by atoms with van der Waals surface area (Å²) in [6, 6.07) is 1.58. The molecule has 1 saturated heterocycles. The van der Waals surface area contributed by atoms with Gasteiger partial charge in [-0.15, -0.1) is 11.3 Å². The van der Waals surface area contributed by atoms with E-state index >= 15 is 0 Å². The molecule has 1 aliphatic rings. The molecule has 3 rings (SSSR count). The van der Waals surface area contributed by atoms with Gasteiger partial charge >= 0.3 is 12.4 Å². The monoisotopic (exact) mass is 494 g/mol. The van der Waals surface area contributed by atoms with Gasteiger partial charge in [0, 0.05) is 24.2 Å². The number of amides is 1. The molecule has 0 saturated carbocycles. The highest BCUT2D eigenvalue weighted by Crippen LogP contribution is 2.41. The first kappa shape index (κ1) is 25.0. The minimum atomic E-state index is -4.82. The van der Waals surface area contributed by atoms with Crippen molar-refractivity contribution in [2.45, 2.75) is 56.6 Å². The number of rotatable bonds is 6. The Morgan fingerprint density at radius 2 is 2.03 bits per heavy atom. The number of hydrogen-bond donors (Lipinski definition) is 0. The Morgan fingerprint density at radius 3 is 2.61 bits per heavy atom. The van der Waals surface area contributed by atoms with E-state index in [4.69, 9.17) is 4.74 Å². The van der Waals surface area contributed by atoms with Crippen LogP contribution < -0.4 is 4.74 Å². The summed E-state index contributed by atoms with van der Waals surface area (Å²) in [6.07, 6.45) is -6.99. The zero-order valence-corrected chi connectivity index (χ0v) is 18.2. The number of carbonyl (C=O) groups excluding carboxylic acids is 2. The average molecular weight is 494 g/mol. The molecule has 1 fully saturated rings. The maximum absolute atomic E-state index is 13.4. The molecule has 1 aliphatic heterocycles. The third kappa shape index (κ3) is 5.15. The predicted octanol–water partition coefficient (Wildman–Crippen LogP) is 5.60. The molecular formula is C21H20F6N2O3S. The Bertz CT molecular complexity index is 1010. The highest BCUT2D eigenvalue weighted by molar-refractivity contribution is 7.10. The summed E-state index contributed by atoms with van der Waals surface area (Å²) in [5.41, 5.74) is -3.72. The Hall–Kier alpha value is -2.63. The number of alkyl halides is 6. The van der Waals surface area contributed by atoms with Crippen LogP contribution in [0.25, 0.3) is 0 Å². The molecule has 0 aromatic carbocycles. The molecular weight excluding hydrogens is 474 g/mol. The molecule has 33 heavy (non-hydrogen) atoms. The van der Waals surface area contributed by atoms with Crippen molar-refractivity contribution in [2.75, 3.05) is 6.54 Å². The number of carbonyl (C=O) groups is 2. The Kier molecular flexibility index (Phi) is 7.06. The van der Waals surface area contributed by atoms with Gasteiger partial charge in [0.15, 0.2) is 11.9 Å². The van der Waals surface area contributed by atoms with Gasteiger partial charge in [-0.2, -0.15) is 26.3 Å². The van der Waals surface area contributed by atoms with Crippen LogP contribution in [0, 0.1) is 0 Å². The van der Waals surface area contributed by atoms with Crippen molar-refractivity contribution >= 4 is 23.5 Å². The van der Waals surface area contributed by atoms with E-state index in [1.165, 1.54) is 0 Å². The highest BCUT2D eigenvalue weighted by atomic mass is 32.1. The zero-order valence-electron chi connectivity index (χ0n) is 17.4. The standard InChI is InChI=1S/C21H20F6N2O3S/c1-2-5-15-19(12-30,32-13-10-16(33-11-13)21(25,26)27)7-4-9-29(15)18(31)17-14(20(22,23)24)6-3-8-28-17/h3,6,8,10-12,15H,2,4-5,7,9H2,1H3/t15-,19-/m1/s1. The predicted molar refractivity (Wildman–Crippen MR) is 107 cm³/mol. The minimum Gasteiger partial charge on any atom is -0.477 e. The molecule has 180 valence electrons. The molecule has 1 amide bonds. The van der Waals surface area contributed by atoms with E-state index in [-0.39, 0.29) is 31.6 Å². The number of piperidine rings is 1. The maximum Gasteiger partial charge on any atom is 0.425 e. The zero-order chi connectivity index (χ0) is 24.4. The second-order valence-corrected chi connectivity index (χ2v) is 8.53. The Balaban J connectivity index is 1.99. The quantitative estimate of drug-likeness (QED) is 0.387. The van der Waals surface area contributed by atoms with Gasteiger partial charge in [0.1, 0.15) is 16.3 Å². The van der Waals surface area contributed by atoms with Crippen LogP contribution in [0.3, 0.4) is 0 Å². The first-order valence-electron chi connectivity index (χ1n) is 10.1. The number of halogens is 6. The van der Waals surface area contributed by atoms with Crippen LogP contribution >= 0.6 is 11.3 Å². The van der Waals surface area contributed by atoms with Gasteiger partial charge in [0.25, 0.3) is 5.91 Å². The van der Waals surface area contributed by atoms with Crippen molar-refractivity contribution in [1.29, 1.82) is 0 Å². The molecule has 3 heterocycles. The lowest BCUT2D eigenvalue weighted by Crippen LogP contribution is -2.62. The molecule has 12 heteroatoms. The first-order chi connectivity index (χ1) is 15.4. The summed E-state index contributed by atoms with van der Waals surface area (Å²) in [5, 5.41) is 1.11. The highest BCUT2D eigenvalue weighted by Gasteiger charge is 2.50. The lowest BCUT2D eigenvalue weighted by Gasteiger charge is -2.46. The topological polar surface area (TPSA) is 59.5 Å². The number of hydrogen-bond acceptors (Lipinski definition) is 5. The number of ether oxygens (including phenoxy) is 1. The van der Waals surface area contributed by atoms with E-state index in [9.17, 15) is 35.9 Å². The fraction of sp³-hybridized carbons (Fsp3) is 0.476. The van der Waals surface area contributed by atoms with Gasteiger partial charge < -0.3 is 9.64 Å². The largest absolute Gasteiger partial charge is 0.477 e. The summed E-state index contributed by atoms with van der Waals surface area (Å²) >= 11 is 0.396. The summed E-state index contributed by atoms with van der Waals surface area (Å²) < 4.78 is 85.0. The number of aldehydes is 1. The van der Waals surface area contributed by atoms with E-state index in [2.05, 4.69) is 4.98 Å². The Morgan fingerprint density at radius 1 is 1.30 bits per heavy atom. The van der Waals surface area contributed by atoms with E-state index in [1.807, 2.05) is 0 Å². The molecule has 2 atom stereocenters. The number of pyridine rings is 1. The lowest BCUT2D eigenvalue weighted by molar-refractivity contribution is -0.139. The van der Waals surface area contributed by atoms with Gasteiger partial charge in [0.2, 0.25) is 0 Å². The average Bonchev–Trinajstić information content (AvgIpc) is 3.23. The van der Waals surface area contributed by atoms with Crippen LogP contribution in [-0.4, -0.2) is 40.3 Å². The summed E-state index contributed by atoms with van der Waals surface area (Å²) in [7, 11) is 0. The molecule has 0 bridgehead atoms. The minimum absolute atomic E-state index is 0.0494. The van der Waals surface area contributed by atoms with Crippen molar-refractivity contribution in [1.82, 2.24) is 9.88 Å². The van der Waals surface area contributed by atoms with Gasteiger partial charge in [-0.3, -0.25) is 14.6 Å². The normalized spacial score (nSPS) is 21.7. The van der Waals surface area contributed by atoms with Crippen LogP contribution in [0.4, 0.5) is 26.3 Å². The van der Waals surface area contributed by atoms with Gasteiger partial charge in [0.05, 0.1) is 11.6 Å².